The van der Waals surface area contributed by atoms with Gasteiger partial charge in [0.2, 0.25) is 5.71 Å². The lowest BCUT2D eigenvalue weighted by Gasteiger charge is -2.20. The second-order valence-electron chi connectivity index (χ2n) is 11.3. The van der Waals surface area contributed by atoms with Gasteiger partial charge in [-0.2, -0.15) is 13.2 Å². The maximum Gasteiger partial charge on any atom is 0.389 e. The van der Waals surface area contributed by atoms with E-state index < -0.39 is 36.3 Å². The molecule has 0 bridgehead atoms. The van der Waals surface area contributed by atoms with E-state index in [4.69, 9.17) is 9.52 Å². The maximum atomic E-state index is 13.5. The molecule has 46 heavy (non-hydrogen) atoms. The van der Waals surface area contributed by atoms with E-state index in [1.54, 1.807) is 48.7 Å². The topological polar surface area (TPSA) is 117 Å². The molecule has 0 saturated heterocycles. The van der Waals surface area contributed by atoms with Crippen LogP contribution >= 0.6 is 0 Å². The zero-order valence-electron chi connectivity index (χ0n) is 25.5. The summed E-state index contributed by atoms with van der Waals surface area (Å²) >= 11 is 0. The van der Waals surface area contributed by atoms with Gasteiger partial charge >= 0.3 is 6.18 Å². The van der Waals surface area contributed by atoms with Crippen molar-refractivity contribution in [3.05, 3.63) is 102 Å². The third-order valence-electron chi connectivity index (χ3n) is 6.54. The Hall–Kier alpha value is -5.26. The Morgan fingerprint density at radius 2 is 1.65 bits per heavy atom. The molecule has 3 N–H and O–H groups in total. The Kier molecular flexibility index (Phi) is 10.1. The molecule has 2 aromatic carbocycles. The Morgan fingerprint density at radius 3 is 2.22 bits per heavy atom. The van der Waals surface area contributed by atoms with Crippen LogP contribution in [0.1, 0.15) is 53.6 Å². The minimum atomic E-state index is -4.43. The van der Waals surface area contributed by atoms with Crippen molar-refractivity contribution < 1.29 is 36.7 Å². The minimum absolute atomic E-state index is 0.0320. The van der Waals surface area contributed by atoms with E-state index in [0.29, 0.717) is 22.3 Å². The normalized spacial score (nSPS) is 11.5. The fourth-order valence-electron chi connectivity index (χ4n) is 4.51. The third kappa shape index (κ3) is 8.68. The summed E-state index contributed by atoms with van der Waals surface area (Å²) in [4.78, 5) is 33.8. The number of aromatic nitrogens is 2. The second-order valence-corrected chi connectivity index (χ2v) is 11.3. The predicted octanol–water partition coefficient (Wildman–Crippen LogP) is 7.47. The minimum Gasteiger partial charge on any atom is -0.506 e. The van der Waals surface area contributed by atoms with E-state index in [9.17, 15) is 27.2 Å². The number of hydrogen-bond donors (Lipinski definition) is 3. The molecular formula is C34H32F4N4O4. The molecule has 0 saturated carbocycles. The fourth-order valence-corrected chi connectivity index (χ4v) is 4.51. The van der Waals surface area contributed by atoms with Gasteiger partial charge < -0.3 is 20.2 Å². The van der Waals surface area contributed by atoms with Crippen molar-refractivity contribution in [3.63, 3.8) is 0 Å². The number of pyridine rings is 2. The molecule has 0 aliphatic rings. The summed E-state index contributed by atoms with van der Waals surface area (Å²) in [6.07, 6.45) is -3.01. The molecule has 0 aliphatic carbocycles. The molecule has 3 aromatic heterocycles. The Balaban J connectivity index is 0.000000606. The Morgan fingerprint density at radius 1 is 0.935 bits per heavy atom. The first-order chi connectivity index (χ1) is 21.6. The zero-order valence-corrected chi connectivity index (χ0v) is 25.5. The van der Waals surface area contributed by atoms with E-state index in [2.05, 4.69) is 20.6 Å². The number of carbonyl (C=O) groups excluding carboxylic acids is 2. The number of furan rings is 1. The van der Waals surface area contributed by atoms with E-state index in [0.717, 1.165) is 0 Å². The lowest BCUT2D eigenvalue weighted by Crippen LogP contribution is -2.40. The van der Waals surface area contributed by atoms with Gasteiger partial charge in [0.05, 0.1) is 22.8 Å². The first-order valence-electron chi connectivity index (χ1n) is 14.2. The van der Waals surface area contributed by atoms with Crippen LogP contribution in [0.4, 0.5) is 17.6 Å². The van der Waals surface area contributed by atoms with Crippen LogP contribution in [0.15, 0.2) is 83.5 Å². The first-order valence-corrected chi connectivity index (χ1v) is 14.2. The molecule has 12 heteroatoms. The largest absolute Gasteiger partial charge is 0.506 e. The zero-order chi connectivity index (χ0) is 33.6. The number of halogens is 4. The molecule has 5 aromatic rings. The predicted molar refractivity (Wildman–Crippen MR) is 166 cm³/mol. The highest BCUT2D eigenvalue weighted by molar-refractivity contribution is 6.11. The molecular weight excluding hydrogens is 604 g/mol. The smallest absolute Gasteiger partial charge is 0.389 e. The lowest BCUT2D eigenvalue weighted by atomic mass is 9.96. The Labute approximate surface area is 262 Å². The summed E-state index contributed by atoms with van der Waals surface area (Å²) < 4.78 is 59.0. The standard InChI is InChI=1S/C29H27F4N3O3.C5H5NO/c1-28(2,3)36-25(37)18-7-5-6-17(14-18)20-15-21-23(26(38)34-4)24(16-8-10-19(30)11-9-16)39-27(21)35-22(20)12-13-29(31,32)33;7-5-2-1-3-6-4-5/h5-11,14-15H,12-13H2,1-4H3,(H,34,38)(H,36,37);1-4,7H. The third-order valence-corrected chi connectivity index (χ3v) is 6.54. The first kappa shape index (κ1) is 33.6. The van der Waals surface area contributed by atoms with Crippen LogP contribution in [0.5, 0.6) is 5.75 Å². The van der Waals surface area contributed by atoms with Crippen LogP contribution in [0.2, 0.25) is 0 Å². The average Bonchev–Trinajstić information content (AvgIpc) is 3.37. The number of nitrogens with one attached hydrogen (secondary N) is 2. The van der Waals surface area contributed by atoms with Crippen molar-refractivity contribution >= 4 is 22.9 Å². The quantitative estimate of drug-likeness (QED) is 0.167. The molecule has 0 atom stereocenters. The van der Waals surface area contributed by atoms with Crippen LogP contribution in [0.3, 0.4) is 0 Å². The van der Waals surface area contributed by atoms with Gasteiger partial charge in [0.1, 0.15) is 17.3 Å². The molecule has 3 heterocycles. The van der Waals surface area contributed by atoms with Crippen LogP contribution < -0.4 is 10.6 Å². The number of fused-ring (bicyclic) bond motifs is 1. The monoisotopic (exact) mass is 636 g/mol. The van der Waals surface area contributed by atoms with Gasteiger partial charge in [0.15, 0.2) is 0 Å². The van der Waals surface area contributed by atoms with Crippen LogP contribution in [0, 0.1) is 5.82 Å². The summed E-state index contributed by atoms with van der Waals surface area (Å²) in [7, 11) is 1.43. The molecule has 0 fully saturated rings. The number of benzene rings is 2. The van der Waals surface area contributed by atoms with Crippen LogP contribution in [-0.2, 0) is 6.42 Å². The fraction of sp³-hybridized carbons (Fsp3) is 0.235. The molecule has 0 aliphatic heterocycles. The molecule has 240 valence electrons. The molecule has 0 spiro atoms. The number of aromatic hydroxyl groups is 1. The Bertz CT molecular complexity index is 1830. The lowest BCUT2D eigenvalue weighted by molar-refractivity contribution is -0.134. The van der Waals surface area contributed by atoms with Gasteiger partial charge in [-0.05, 0) is 87.4 Å². The number of nitrogens with zero attached hydrogens (tertiary/aromatic N) is 2. The molecule has 8 nitrogen and oxygen atoms in total. The van der Waals surface area contributed by atoms with Crippen molar-refractivity contribution in [1.29, 1.82) is 0 Å². The molecule has 5 rings (SSSR count). The second kappa shape index (κ2) is 13.8. The summed E-state index contributed by atoms with van der Waals surface area (Å²) in [6, 6.07) is 16.5. The van der Waals surface area contributed by atoms with Gasteiger partial charge in [-0.25, -0.2) is 9.37 Å². The number of rotatable bonds is 6. The number of amides is 2. The number of hydrogen-bond acceptors (Lipinski definition) is 6. The highest BCUT2D eigenvalue weighted by Gasteiger charge is 2.29. The van der Waals surface area contributed by atoms with Crippen molar-refractivity contribution in [2.45, 2.75) is 45.3 Å². The van der Waals surface area contributed by atoms with Gasteiger partial charge in [-0.15, -0.1) is 0 Å². The number of alkyl halides is 3. The van der Waals surface area contributed by atoms with E-state index in [1.807, 2.05) is 20.8 Å². The van der Waals surface area contributed by atoms with Gasteiger partial charge in [-0.3, -0.25) is 14.6 Å². The van der Waals surface area contributed by atoms with E-state index in [1.165, 1.54) is 37.5 Å². The summed E-state index contributed by atoms with van der Waals surface area (Å²) in [5.41, 5.74) is 1.16. The number of aryl methyl sites for hydroxylation is 1. The van der Waals surface area contributed by atoms with E-state index >= 15 is 0 Å². The summed E-state index contributed by atoms with van der Waals surface area (Å²) in [5.74, 6) is -1.02. The van der Waals surface area contributed by atoms with Gasteiger partial charge in [0.25, 0.3) is 11.8 Å². The maximum absolute atomic E-state index is 13.5. The van der Waals surface area contributed by atoms with Gasteiger partial charge in [0, 0.05) is 41.9 Å². The molecule has 2 amide bonds. The summed E-state index contributed by atoms with van der Waals surface area (Å²) in [5, 5.41) is 14.2. The highest BCUT2D eigenvalue weighted by Crippen LogP contribution is 2.37. The molecule has 0 unspecified atom stereocenters. The van der Waals surface area contributed by atoms with Crippen LogP contribution in [-0.4, -0.2) is 45.7 Å². The molecule has 0 radical (unpaired) electrons. The van der Waals surface area contributed by atoms with Gasteiger partial charge in [-0.1, -0.05) is 12.1 Å². The van der Waals surface area contributed by atoms with Crippen molar-refractivity contribution in [3.8, 4) is 28.2 Å². The van der Waals surface area contributed by atoms with Crippen molar-refractivity contribution in [2.75, 3.05) is 7.05 Å². The highest BCUT2D eigenvalue weighted by atomic mass is 19.4. The van der Waals surface area contributed by atoms with Crippen LogP contribution in [0.25, 0.3) is 33.6 Å². The van der Waals surface area contributed by atoms with Crippen molar-refractivity contribution in [1.82, 2.24) is 20.6 Å². The SMILES string of the molecule is CNC(=O)c1c(-c2ccc(F)cc2)oc2nc(CCC(F)(F)F)c(-c3cccc(C(=O)NC(C)(C)C)c3)cc12.Oc1cccnc1. The summed E-state index contributed by atoms with van der Waals surface area (Å²) in [6.45, 7) is 5.50. The average molecular weight is 637 g/mol. The van der Waals surface area contributed by atoms with E-state index in [-0.39, 0.29) is 39.8 Å². The number of carbonyl (C=O) groups is 2. The van der Waals surface area contributed by atoms with Crippen molar-refractivity contribution in [2.24, 2.45) is 0 Å².